The van der Waals surface area contributed by atoms with Crippen molar-refractivity contribution < 1.29 is 18.8 Å². The number of nitrogens with one attached hydrogen (secondary N) is 1. The van der Waals surface area contributed by atoms with Crippen molar-refractivity contribution in [1.29, 1.82) is 0 Å². The highest BCUT2D eigenvalue weighted by atomic mass is 35.5. The number of ether oxygens (including phenoxy) is 1. The van der Waals surface area contributed by atoms with Crippen LogP contribution in [0.1, 0.15) is 24.8 Å². The summed E-state index contributed by atoms with van der Waals surface area (Å²) >= 11 is 5.84. The predicted molar refractivity (Wildman–Crippen MR) is 67.9 cm³/mol. The summed E-state index contributed by atoms with van der Waals surface area (Å²) < 4.78 is 18.8. The number of rotatable bonds is 4. The SMILES string of the molecule is O=C(Cc1c(F)cccc1Cl)NO[C@H]1CCCCO1. The highest BCUT2D eigenvalue weighted by molar-refractivity contribution is 6.31. The molecule has 2 rings (SSSR count). The Morgan fingerprint density at radius 3 is 3.05 bits per heavy atom. The van der Waals surface area contributed by atoms with Crippen LogP contribution in [0.5, 0.6) is 0 Å². The van der Waals surface area contributed by atoms with Crippen LogP contribution in [0.25, 0.3) is 0 Å². The average Bonchev–Trinajstić information content (AvgIpc) is 2.42. The molecule has 0 aliphatic carbocycles. The van der Waals surface area contributed by atoms with Crippen molar-refractivity contribution >= 4 is 17.5 Å². The minimum absolute atomic E-state index is 0.162. The van der Waals surface area contributed by atoms with Gasteiger partial charge in [0.2, 0.25) is 5.91 Å². The molecule has 1 N–H and O–H groups in total. The number of hydrogen-bond donors (Lipinski definition) is 1. The minimum Gasteiger partial charge on any atom is -0.350 e. The molecule has 0 saturated carbocycles. The summed E-state index contributed by atoms with van der Waals surface area (Å²) in [5.41, 5.74) is 2.43. The largest absolute Gasteiger partial charge is 0.350 e. The van der Waals surface area contributed by atoms with Crippen molar-refractivity contribution in [3.05, 3.63) is 34.6 Å². The molecule has 0 aromatic heterocycles. The van der Waals surface area contributed by atoms with Gasteiger partial charge in [-0.2, -0.15) is 0 Å². The quantitative estimate of drug-likeness (QED) is 0.866. The first-order chi connectivity index (χ1) is 9.16. The number of hydrogen-bond acceptors (Lipinski definition) is 3. The van der Waals surface area contributed by atoms with E-state index in [9.17, 15) is 9.18 Å². The van der Waals surface area contributed by atoms with Gasteiger partial charge >= 0.3 is 0 Å². The third-order valence-electron chi connectivity index (χ3n) is 2.84. The highest BCUT2D eigenvalue weighted by Crippen LogP contribution is 2.19. The molecular formula is C13H15ClFNO3. The van der Waals surface area contributed by atoms with E-state index in [1.165, 1.54) is 12.1 Å². The van der Waals surface area contributed by atoms with Crippen LogP contribution in [0.4, 0.5) is 4.39 Å². The van der Waals surface area contributed by atoms with Crippen LogP contribution in [-0.4, -0.2) is 18.8 Å². The zero-order chi connectivity index (χ0) is 13.7. The molecule has 1 aliphatic rings. The van der Waals surface area contributed by atoms with Crippen LogP contribution in [0.2, 0.25) is 5.02 Å². The number of carbonyl (C=O) groups excluding carboxylic acids is 1. The summed E-state index contributed by atoms with van der Waals surface area (Å²) in [5, 5.41) is 0.226. The second-order valence-electron chi connectivity index (χ2n) is 4.32. The maximum Gasteiger partial charge on any atom is 0.248 e. The molecule has 104 valence electrons. The molecule has 4 nitrogen and oxygen atoms in total. The van der Waals surface area contributed by atoms with E-state index < -0.39 is 18.0 Å². The summed E-state index contributed by atoms with van der Waals surface area (Å²) in [6.45, 7) is 0.625. The van der Waals surface area contributed by atoms with E-state index in [0.29, 0.717) is 6.61 Å². The average molecular weight is 288 g/mol. The highest BCUT2D eigenvalue weighted by Gasteiger charge is 2.17. The predicted octanol–water partition coefficient (Wildman–Crippen LogP) is 2.60. The number of amides is 1. The van der Waals surface area contributed by atoms with Gasteiger partial charge in [-0.15, -0.1) is 0 Å². The third kappa shape index (κ3) is 4.16. The summed E-state index contributed by atoms with van der Waals surface area (Å²) in [7, 11) is 0. The summed E-state index contributed by atoms with van der Waals surface area (Å²) in [6, 6.07) is 4.30. The molecule has 1 heterocycles. The van der Waals surface area contributed by atoms with E-state index in [0.717, 1.165) is 19.3 Å². The first-order valence-corrected chi connectivity index (χ1v) is 6.53. The first-order valence-electron chi connectivity index (χ1n) is 6.16. The van der Waals surface area contributed by atoms with Gasteiger partial charge in [-0.25, -0.2) is 14.7 Å². The Kier molecular flexibility index (Phi) is 5.13. The molecule has 1 atom stereocenters. The van der Waals surface area contributed by atoms with Crippen molar-refractivity contribution in [2.45, 2.75) is 32.0 Å². The summed E-state index contributed by atoms with van der Waals surface area (Å²) in [6.07, 6.45) is 2.14. The molecule has 0 spiro atoms. The second-order valence-corrected chi connectivity index (χ2v) is 4.72. The van der Waals surface area contributed by atoms with E-state index in [2.05, 4.69) is 5.48 Å². The number of hydroxylamine groups is 1. The molecule has 0 radical (unpaired) electrons. The van der Waals surface area contributed by atoms with Gasteiger partial charge in [0.25, 0.3) is 0 Å². The van der Waals surface area contributed by atoms with Crippen LogP contribution in [-0.2, 0) is 20.8 Å². The molecule has 0 bridgehead atoms. The maximum atomic E-state index is 13.5. The molecule has 0 unspecified atom stereocenters. The Hall–Kier alpha value is -1.17. The van der Waals surface area contributed by atoms with E-state index in [-0.39, 0.29) is 17.0 Å². The van der Waals surface area contributed by atoms with E-state index in [1.54, 1.807) is 6.07 Å². The van der Waals surface area contributed by atoms with Crippen molar-refractivity contribution in [1.82, 2.24) is 5.48 Å². The van der Waals surface area contributed by atoms with Crippen LogP contribution in [0.15, 0.2) is 18.2 Å². The monoisotopic (exact) mass is 287 g/mol. The Bertz CT molecular complexity index is 429. The van der Waals surface area contributed by atoms with Gasteiger partial charge in [0.15, 0.2) is 6.29 Å². The molecule has 1 aromatic carbocycles. The second kappa shape index (κ2) is 6.84. The van der Waals surface area contributed by atoms with Gasteiger partial charge in [0.05, 0.1) is 6.42 Å². The van der Waals surface area contributed by atoms with Gasteiger partial charge in [-0.1, -0.05) is 17.7 Å². The minimum atomic E-state index is -0.503. The van der Waals surface area contributed by atoms with E-state index in [1.807, 2.05) is 0 Å². The molecule has 1 saturated heterocycles. The summed E-state index contributed by atoms with van der Waals surface area (Å²) in [5.74, 6) is -0.960. The molecule has 1 aromatic rings. The topological polar surface area (TPSA) is 47.6 Å². The fourth-order valence-corrected chi connectivity index (χ4v) is 2.06. The summed E-state index contributed by atoms with van der Waals surface area (Å²) in [4.78, 5) is 16.8. The van der Waals surface area contributed by atoms with Crippen LogP contribution < -0.4 is 5.48 Å². The van der Waals surface area contributed by atoms with Crippen LogP contribution in [0.3, 0.4) is 0 Å². The van der Waals surface area contributed by atoms with Gasteiger partial charge in [0.1, 0.15) is 5.82 Å². The van der Waals surface area contributed by atoms with E-state index in [4.69, 9.17) is 21.2 Å². The zero-order valence-corrected chi connectivity index (χ0v) is 11.1. The lowest BCUT2D eigenvalue weighted by atomic mass is 10.1. The molecule has 19 heavy (non-hydrogen) atoms. The molecule has 1 fully saturated rings. The lowest BCUT2D eigenvalue weighted by Gasteiger charge is -2.22. The normalized spacial score (nSPS) is 19.2. The van der Waals surface area contributed by atoms with Crippen molar-refractivity contribution in [2.24, 2.45) is 0 Å². The molecule has 6 heteroatoms. The maximum absolute atomic E-state index is 13.5. The number of benzene rings is 1. The smallest absolute Gasteiger partial charge is 0.248 e. The standard InChI is InChI=1S/C13H15ClFNO3/c14-10-4-3-5-11(15)9(10)8-12(17)16-19-13-6-1-2-7-18-13/h3-5,13H,1-2,6-8H2,(H,16,17)/t13-/m0/s1. The first kappa shape index (κ1) is 14.2. The molecular weight excluding hydrogens is 273 g/mol. The van der Waals surface area contributed by atoms with Crippen LogP contribution >= 0.6 is 11.6 Å². The Morgan fingerprint density at radius 2 is 2.37 bits per heavy atom. The van der Waals surface area contributed by atoms with E-state index >= 15 is 0 Å². The van der Waals surface area contributed by atoms with Crippen molar-refractivity contribution in [3.8, 4) is 0 Å². The van der Waals surface area contributed by atoms with Gasteiger partial charge in [-0.3, -0.25) is 4.79 Å². The van der Waals surface area contributed by atoms with Crippen LogP contribution in [0, 0.1) is 5.82 Å². The number of halogens is 2. The Labute approximate surface area is 115 Å². The van der Waals surface area contributed by atoms with Gasteiger partial charge in [-0.05, 0) is 25.0 Å². The third-order valence-corrected chi connectivity index (χ3v) is 3.20. The zero-order valence-electron chi connectivity index (χ0n) is 10.3. The van der Waals surface area contributed by atoms with Crippen molar-refractivity contribution in [2.75, 3.05) is 6.61 Å². The Balaban J connectivity index is 1.83. The lowest BCUT2D eigenvalue weighted by molar-refractivity contribution is -0.200. The Morgan fingerprint density at radius 1 is 1.53 bits per heavy atom. The lowest BCUT2D eigenvalue weighted by Crippen LogP contribution is -2.34. The fraction of sp³-hybridized carbons (Fsp3) is 0.462. The van der Waals surface area contributed by atoms with Crippen molar-refractivity contribution in [3.63, 3.8) is 0 Å². The number of carbonyl (C=O) groups is 1. The molecule has 1 amide bonds. The van der Waals surface area contributed by atoms with Gasteiger partial charge in [0, 0.05) is 23.6 Å². The fourth-order valence-electron chi connectivity index (χ4n) is 1.83. The van der Waals surface area contributed by atoms with Gasteiger partial charge < -0.3 is 4.74 Å². The molecule has 1 aliphatic heterocycles.